The summed E-state index contributed by atoms with van der Waals surface area (Å²) in [6.45, 7) is 0. The Morgan fingerprint density at radius 2 is 1.25 bits per heavy atom. The van der Waals surface area contributed by atoms with E-state index < -0.39 is 38.5 Å². The minimum absolute atomic E-state index is 0. The highest BCUT2D eigenvalue weighted by Gasteiger charge is 2.38. The molecule has 0 bridgehead atoms. The summed E-state index contributed by atoms with van der Waals surface area (Å²) in [5.74, 6) is -0.286. The first-order valence-electron chi connectivity index (χ1n) is 8.40. The van der Waals surface area contributed by atoms with Crippen molar-refractivity contribution in [3.8, 4) is 16.9 Å². The van der Waals surface area contributed by atoms with Crippen molar-refractivity contribution >= 4 is 22.7 Å². The maximum absolute atomic E-state index is 13.0. The molecule has 0 amide bonds. The maximum atomic E-state index is 13.0. The summed E-state index contributed by atoms with van der Waals surface area (Å²) in [7, 11) is -4.98. The zero-order valence-corrected chi connectivity index (χ0v) is 16.9. The molecule has 0 atom stereocenters. The molecule has 32 heavy (non-hydrogen) atoms. The van der Waals surface area contributed by atoms with Crippen LogP contribution in [0.5, 0.6) is 5.75 Å². The highest BCUT2D eigenvalue weighted by Crippen LogP contribution is 2.38. The Balaban J connectivity index is 0.00000363. The summed E-state index contributed by atoms with van der Waals surface area (Å²) >= 11 is 4.31. The second-order valence-corrected chi connectivity index (χ2v) is 8.35. The van der Waals surface area contributed by atoms with Gasteiger partial charge < -0.3 is 4.18 Å². The number of hydrogen-bond donors (Lipinski definition) is 1. The van der Waals surface area contributed by atoms with Crippen LogP contribution in [0.2, 0.25) is 0 Å². The highest BCUT2D eigenvalue weighted by molar-refractivity contribution is 7.87. The molecule has 0 saturated heterocycles. The van der Waals surface area contributed by atoms with Gasteiger partial charge in [0.25, 0.3) is 0 Å². The van der Waals surface area contributed by atoms with Gasteiger partial charge in [0.2, 0.25) is 0 Å². The van der Waals surface area contributed by atoms with E-state index in [1.54, 1.807) is 24.3 Å². The van der Waals surface area contributed by atoms with E-state index in [1.807, 2.05) is 0 Å². The molecule has 0 aliphatic carbocycles. The predicted octanol–water partition coefficient (Wildman–Crippen LogP) is 7.08. The first-order chi connectivity index (χ1) is 14.3. The van der Waals surface area contributed by atoms with E-state index in [0.717, 1.165) is 5.56 Å². The Hall–Kier alpha value is -2.66. The molecule has 3 aromatic rings. The van der Waals surface area contributed by atoms with Crippen LogP contribution >= 0.6 is 12.6 Å². The van der Waals surface area contributed by atoms with Crippen LogP contribution in [0.1, 0.15) is 18.6 Å². The molecule has 0 radical (unpaired) electrons. The normalized spacial score (nSPS) is 12.2. The summed E-state index contributed by atoms with van der Waals surface area (Å²) in [6.07, 6.45) is -10.4. The first-order valence-corrected chi connectivity index (χ1v) is 10.3. The molecular formula is C21H16F6O3S2. The monoisotopic (exact) mass is 494 g/mol. The van der Waals surface area contributed by atoms with Crippen LogP contribution in [0.15, 0.2) is 76.5 Å². The third-order valence-electron chi connectivity index (χ3n) is 4.13. The number of halogens is 6. The lowest BCUT2D eigenvalue weighted by atomic mass is 10.1. The summed E-state index contributed by atoms with van der Waals surface area (Å²) < 4.78 is 107. The Labute approximate surface area is 186 Å². The van der Waals surface area contributed by atoms with Crippen LogP contribution in [0.4, 0.5) is 26.3 Å². The summed E-state index contributed by atoms with van der Waals surface area (Å²) in [5.41, 5.74) is -2.14. The van der Waals surface area contributed by atoms with E-state index in [4.69, 9.17) is 4.18 Å². The second kappa shape index (κ2) is 9.07. The van der Waals surface area contributed by atoms with Crippen molar-refractivity contribution < 1.29 is 38.9 Å². The molecule has 3 rings (SSSR count). The van der Waals surface area contributed by atoms with Gasteiger partial charge in [0.1, 0.15) is 10.6 Å². The fourth-order valence-electron chi connectivity index (χ4n) is 2.65. The molecule has 0 aliphatic heterocycles. The molecule has 0 unspecified atom stereocenters. The zero-order chi connectivity index (χ0) is 23.0. The highest BCUT2D eigenvalue weighted by atomic mass is 32.2. The summed E-state index contributed by atoms with van der Waals surface area (Å²) in [6, 6.07) is 12.5. The van der Waals surface area contributed by atoms with Gasteiger partial charge in [-0.25, -0.2) is 0 Å². The van der Waals surface area contributed by atoms with Gasteiger partial charge in [-0.2, -0.15) is 34.8 Å². The molecule has 0 aromatic heterocycles. The molecule has 0 spiro atoms. The standard InChI is InChI=1S/C20H12F6O3S2.CH4/c21-19(22,23)13-9-14(20(24,25)26)11-16(10-13)31(27,28)29-15-7-5-12(6-8-15)17-3-1-2-4-18(17)30;/h1-11,30H;1H4. The Morgan fingerprint density at radius 1 is 0.750 bits per heavy atom. The van der Waals surface area contributed by atoms with Crippen LogP contribution in [0.25, 0.3) is 11.1 Å². The van der Waals surface area contributed by atoms with Crippen LogP contribution < -0.4 is 4.18 Å². The quantitative estimate of drug-likeness (QED) is 0.239. The van der Waals surface area contributed by atoms with Gasteiger partial charge >= 0.3 is 22.5 Å². The van der Waals surface area contributed by atoms with Crippen molar-refractivity contribution in [3.63, 3.8) is 0 Å². The Bertz CT molecular complexity index is 1170. The van der Waals surface area contributed by atoms with Crippen molar-refractivity contribution in [2.75, 3.05) is 0 Å². The molecule has 0 aliphatic rings. The van der Waals surface area contributed by atoms with Gasteiger partial charge in [0.15, 0.2) is 0 Å². The van der Waals surface area contributed by atoms with Crippen molar-refractivity contribution in [2.24, 2.45) is 0 Å². The predicted molar refractivity (Wildman–Crippen MR) is 110 cm³/mol. The van der Waals surface area contributed by atoms with Gasteiger partial charge in [-0.05, 0) is 47.5 Å². The summed E-state index contributed by atoms with van der Waals surface area (Å²) in [5, 5.41) is 0. The number of rotatable bonds is 4. The van der Waals surface area contributed by atoms with Crippen LogP contribution in [-0.4, -0.2) is 8.42 Å². The molecule has 0 N–H and O–H groups in total. The Morgan fingerprint density at radius 3 is 1.72 bits per heavy atom. The van der Waals surface area contributed by atoms with Gasteiger partial charge in [-0.15, -0.1) is 12.6 Å². The van der Waals surface area contributed by atoms with Gasteiger partial charge in [0, 0.05) is 4.90 Å². The number of alkyl halides is 6. The van der Waals surface area contributed by atoms with Gasteiger partial charge in [-0.1, -0.05) is 37.8 Å². The zero-order valence-electron chi connectivity index (χ0n) is 15.2. The van der Waals surface area contributed by atoms with E-state index in [-0.39, 0.29) is 31.4 Å². The molecule has 0 heterocycles. The number of hydrogen-bond acceptors (Lipinski definition) is 4. The fraction of sp³-hybridized carbons (Fsp3) is 0.143. The van der Waals surface area contributed by atoms with Crippen LogP contribution in [0.3, 0.4) is 0 Å². The van der Waals surface area contributed by atoms with Crippen LogP contribution in [0, 0.1) is 0 Å². The maximum Gasteiger partial charge on any atom is 0.416 e. The average Bonchev–Trinajstić information content (AvgIpc) is 2.67. The lowest BCUT2D eigenvalue weighted by Crippen LogP contribution is -2.16. The molecule has 3 nitrogen and oxygen atoms in total. The molecule has 3 aromatic carbocycles. The van der Waals surface area contributed by atoms with E-state index in [9.17, 15) is 34.8 Å². The van der Waals surface area contributed by atoms with E-state index >= 15 is 0 Å². The van der Waals surface area contributed by atoms with Crippen molar-refractivity contribution in [1.82, 2.24) is 0 Å². The van der Waals surface area contributed by atoms with Crippen molar-refractivity contribution in [3.05, 3.63) is 77.9 Å². The Kier molecular flexibility index (Phi) is 7.25. The third-order valence-corrected chi connectivity index (χ3v) is 5.74. The molecule has 11 heteroatoms. The topological polar surface area (TPSA) is 43.4 Å². The molecule has 0 saturated carbocycles. The van der Waals surface area contributed by atoms with E-state index in [0.29, 0.717) is 10.5 Å². The first kappa shape index (κ1) is 25.6. The van der Waals surface area contributed by atoms with Crippen molar-refractivity contribution in [2.45, 2.75) is 29.6 Å². The molecular weight excluding hydrogens is 478 g/mol. The number of thiol groups is 1. The SMILES string of the molecule is C.O=S(=O)(Oc1ccc(-c2ccccc2S)cc1)c1cc(C(F)(F)F)cc(C(F)(F)F)c1. The van der Waals surface area contributed by atoms with E-state index in [2.05, 4.69) is 12.6 Å². The number of benzene rings is 3. The van der Waals surface area contributed by atoms with E-state index in [1.165, 1.54) is 24.3 Å². The largest absolute Gasteiger partial charge is 0.416 e. The third kappa shape index (κ3) is 5.77. The van der Waals surface area contributed by atoms with Crippen LogP contribution in [-0.2, 0) is 22.5 Å². The van der Waals surface area contributed by atoms with Crippen molar-refractivity contribution in [1.29, 1.82) is 0 Å². The molecule has 0 fully saturated rings. The molecule has 172 valence electrons. The van der Waals surface area contributed by atoms with Gasteiger partial charge in [-0.3, -0.25) is 0 Å². The summed E-state index contributed by atoms with van der Waals surface area (Å²) in [4.78, 5) is -0.619. The minimum Gasteiger partial charge on any atom is -0.379 e. The average molecular weight is 494 g/mol. The minimum atomic E-state index is -5.19. The second-order valence-electron chi connectivity index (χ2n) is 6.32. The fourth-order valence-corrected chi connectivity index (χ4v) is 3.95. The van der Waals surface area contributed by atoms with Gasteiger partial charge in [0.05, 0.1) is 11.1 Å². The lowest BCUT2D eigenvalue weighted by molar-refractivity contribution is -0.143. The lowest BCUT2D eigenvalue weighted by Gasteiger charge is -2.15. The smallest absolute Gasteiger partial charge is 0.379 e.